The van der Waals surface area contributed by atoms with Gasteiger partial charge in [-0.05, 0) is 30.7 Å². The minimum Gasteiger partial charge on any atom is -0.325 e. The van der Waals surface area contributed by atoms with Crippen LogP contribution in [0.4, 0.5) is 5.69 Å². The van der Waals surface area contributed by atoms with E-state index in [2.05, 4.69) is 15.1 Å². The zero-order chi connectivity index (χ0) is 16.2. The highest BCUT2D eigenvalue weighted by Gasteiger charge is 2.16. The highest BCUT2D eigenvalue weighted by molar-refractivity contribution is 7.88. The summed E-state index contributed by atoms with van der Waals surface area (Å²) in [6, 6.07) is 8.31. The average molecular weight is 322 g/mol. The van der Waals surface area contributed by atoms with Gasteiger partial charge in [-0.25, -0.2) is 13.1 Å². The van der Waals surface area contributed by atoms with Gasteiger partial charge in [0.15, 0.2) is 0 Å². The number of sulfonamides is 1. The molecule has 0 saturated heterocycles. The van der Waals surface area contributed by atoms with Crippen LogP contribution in [0.15, 0.2) is 42.7 Å². The molecule has 2 aromatic rings. The molecule has 8 heteroatoms. The molecule has 22 heavy (non-hydrogen) atoms. The van der Waals surface area contributed by atoms with Crippen LogP contribution >= 0.6 is 0 Å². The second-order valence-electron chi connectivity index (χ2n) is 5.00. The largest absolute Gasteiger partial charge is 0.325 e. The highest BCUT2D eigenvalue weighted by Crippen LogP contribution is 2.11. The number of benzene rings is 1. The fraction of sp³-hybridized carbons (Fsp3) is 0.286. The van der Waals surface area contributed by atoms with Crippen molar-refractivity contribution in [2.75, 3.05) is 11.6 Å². The Labute approximate surface area is 129 Å². The zero-order valence-corrected chi connectivity index (χ0v) is 13.2. The molecule has 1 aromatic heterocycles. The number of carbonyl (C=O) groups excluding carboxylic acids is 1. The average Bonchev–Trinajstić information content (AvgIpc) is 2.92. The summed E-state index contributed by atoms with van der Waals surface area (Å²) in [5, 5.41) is 6.78. The summed E-state index contributed by atoms with van der Waals surface area (Å²) in [6.07, 6.45) is 4.60. The van der Waals surface area contributed by atoms with E-state index in [1.54, 1.807) is 23.0 Å². The van der Waals surface area contributed by atoms with Crippen molar-refractivity contribution < 1.29 is 13.2 Å². The topological polar surface area (TPSA) is 93.1 Å². The van der Waals surface area contributed by atoms with E-state index in [1.165, 1.54) is 6.92 Å². The van der Waals surface area contributed by atoms with E-state index in [0.717, 1.165) is 11.8 Å². The van der Waals surface area contributed by atoms with Crippen molar-refractivity contribution in [1.82, 2.24) is 14.5 Å². The van der Waals surface area contributed by atoms with Crippen LogP contribution in [0.3, 0.4) is 0 Å². The molecular weight excluding hydrogens is 304 g/mol. The minimum atomic E-state index is -3.42. The van der Waals surface area contributed by atoms with Gasteiger partial charge in [0.1, 0.15) is 0 Å². The standard InChI is InChI=1S/C14H18N4O3S/c1-11(17-22(2,20)21)14(19)16-13-6-4-12(5-7-13)10-18-9-3-8-15-18/h3-9,11,17H,10H2,1-2H3,(H,16,19)/t11-/m0/s1. The first-order chi connectivity index (χ1) is 10.3. The Morgan fingerprint density at radius 3 is 2.55 bits per heavy atom. The monoisotopic (exact) mass is 322 g/mol. The Morgan fingerprint density at radius 2 is 2.00 bits per heavy atom. The van der Waals surface area contributed by atoms with Crippen LogP contribution in [0.1, 0.15) is 12.5 Å². The number of rotatable bonds is 6. The number of hydrogen-bond donors (Lipinski definition) is 2. The molecule has 1 aromatic carbocycles. The molecule has 0 bridgehead atoms. The molecule has 1 heterocycles. The number of hydrogen-bond acceptors (Lipinski definition) is 4. The lowest BCUT2D eigenvalue weighted by atomic mass is 10.2. The fourth-order valence-corrected chi connectivity index (χ4v) is 2.65. The lowest BCUT2D eigenvalue weighted by Crippen LogP contribution is -2.40. The molecular formula is C14H18N4O3S. The molecule has 0 spiro atoms. The smallest absolute Gasteiger partial charge is 0.242 e. The minimum absolute atomic E-state index is 0.412. The van der Waals surface area contributed by atoms with Gasteiger partial charge in [-0.3, -0.25) is 9.48 Å². The van der Waals surface area contributed by atoms with Crippen LogP contribution in [0.2, 0.25) is 0 Å². The van der Waals surface area contributed by atoms with E-state index >= 15 is 0 Å². The van der Waals surface area contributed by atoms with Gasteiger partial charge in [0.25, 0.3) is 0 Å². The summed E-state index contributed by atoms with van der Waals surface area (Å²) in [6.45, 7) is 2.13. The van der Waals surface area contributed by atoms with Gasteiger partial charge < -0.3 is 5.32 Å². The summed E-state index contributed by atoms with van der Waals surface area (Å²) >= 11 is 0. The van der Waals surface area contributed by atoms with Gasteiger partial charge in [0.05, 0.1) is 18.8 Å². The molecule has 2 rings (SSSR count). The predicted molar refractivity (Wildman–Crippen MR) is 83.8 cm³/mol. The number of carbonyl (C=O) groups is 1. The van der Waals surface area contributed by atoms with Crippen molar-refractivity contribution in [2.45, 2.75) is 19.5 Å². The molecule has 0 fully saturated rings. The number of amides is 1. The second kappa shape index (κ2) is 6.71. The zero-order valence-electron chi connectivity index (χ0n) is 12.4. The van der Waals surface area contributed by atoms with Crippen LogP contribution in [0.5, 0.6) is 0 Å². The predicted octanol–water partition coefficient (Wildman–Crippen LogP) is 0.808. The summed E-state index contributed by atoms with van der Waals surface area (Å²) in [4.78, 5) is 11.9. The molecule has 0 saturated carbocycles. The normalized spacial score (nSPS) is 12.8. The Kier molecular flexibility index (Phi) is 4.94. The van der Waals surface area contributed by atoms with Crippen molar-refractivity contribution in [3.05, 3.63) is 48.3 Å². The molecule has 7 nitrogen and oxygen atoms in total. The SMILES string of the molecule is C[C@H](NS(C)(=O)=O)C(=O)Nc1ccc(Cn2cccn2)cc1. The maximum atomic E-state index is 11.9. The number of nitrogens with zero attached hydrogens (tertiary/aromatic N) is 2. The van der Waals surface area contributed by atoms with Crippen molar-refractivity contribution in [2.24, 2.45) is 0 Å². The third-order valence-corrected chi connectivity index (χ3v) is 3.69. The van der Waals surface area contributed by atoms with E-state index in [0.29, 0.717) is 12.2 Å². The molecule has 0 aliphatic rings. The summed E-state index contributed by atoms with van der Waals surface area (Å²) in [5.74, 6) is -0.412. The van der Waals surface area contributed by atoms with Gasteiger partial charge in [0, 0.05) is 18.1 Å². The molecule has 0 aliphatic carbocycles. The lowest BCUT2D eigenvalue weighted by Gasteiger charge is -2.13. The van der Waals surface area contributed by atoms with Crippen molar-refractivity contribution >= 4 is 21.6 Å². The van der Waals surface area contributed by atoms with Crippen molar-refractivity contribution in [3.63, 3.8) is 0 Å². The quantitative estimate of drug-likeness (QED) is 0.823. The molecule has 0 radical (unpaired) electrons. The van der Waals surface area contributed by atoms with Gasteiger partial charge in [-0.15, -0.1) is 0 Å². The van der Waals surface area contributed by atoms with Crippen LogP contribution in [0, 0.1) is 0 Å². The maximum absolute atomic E-state index is 11.9. The molecule has 1 atom stereocenters. The van der Waals surface area contributed by atoms with Gasteiger partial charge in [-0.1, -0.05) is 12.1 Å². The van der Waals surface area contributed by atoms with Crippen molar-refractivity contribution in [1.29, 1.82) is 0 Å². The molecule has 0 aliphatic heterocycles. The van der Waals surface area contributed by atoms with Crippen LogP contribution in [-0.4, -0.2) is 36.4 Å². The van der Waals surface area contributed by atoms with E-state index in [1.807, 2.05) is 24.4 Å². The Balaban J connectivity index is 1.94. The third-order valence-electron chi connectivity index (χ3n) is 2.91. The summed E-state index contributed by atoms with van der Waals surface area (Å²) in [7, 11) is -3.42. The summed E-state index contributed by atoms with van der Waals surface area (Å²) in [5.41, 5.74) is 1.65. The first-order valence-corrected chi connectivity index (χ1v) is 8.57. The highest BCUT2D eigenvalue weighted by atomic mass is 32.2. The number of nitrogens with one attached hydrogen (secondary N) is 2. The van der Waals surface area contributed by atoms with Gasteiger partial charge >= 0.3 is 0 Å². The maximum Gasteiger partial charge on any atom is 0.242 e. The molecule has 2 N–H and O–H groups in total. The second-order valence-corrected chi connectivity index (χ2v) is 6.78. The first-order valence-electron chi connectivity index (χ1n) is 6.68. The fourth-order valence-electron chi connectivity index (χ4n) is 1.90. The van der Waals surface area contributed by atoms with E-state index in [9.17, 15) is 13.2 Å². The van der Waals surface area contributed by atoms with Crippen LogP contribution < -0.4 is 10.0 Å². The Morgan fingerprint density at radius 1 is 1.32 bits per heavy atom. The van der Waals surface area contributed by atoms with Crippen LogP contribution in [-0.2, 0) is 21.4 Å². The van der Waals surface area contributed by atoms with E-state index in [-0.39, 0.29) is 0 Å². The first kappa shape index (κ1) is 16.2. The lowest BCUT2D eigenvalue weighted by molar-refractivity contribution is -0.117. The Hall–Kier alpha value is -2.19. The molecule has 0 unspecified atom stereocenters. The number of aromatic nitrogens is 2. The Bertz CT molecular complexity index is 724. The van der Waals surface area contributed by atoms with Gasteiger partial charge in [0.2, 0.25) is 15.9 Å². The van der Waals surface area contributed by atoms with Crippen molar-refractivity contribution in [3.8, 4) is 0 Å². The van der Waals surface area contributed by atoms with E-state index in [4.69, 9.17) is 0 Å². The van der Waals surface area contributed by atoms with E-state index < -0.39 is 22.0 Å². The molecule has 118 valence electrons. The summed E-state index contributed by atoms with van der Waals surface area (Å²) < 4.78 is 26.2. The van der Waals surface area contributed by atoms with Crippen LogP contribution in [0.25, 0.3) is 0 Å². The van der Waals surface area contributed by atoms with Gasteiger partial charge in [-0.2, -0.15) is 5.10 Å². The third kappa shape index (κ3) is 4.97. The number of anilines is 1. The molecule has 1 amide bonds.